The van der Waals surface area contributed by atoms with Gasteiger partial charge < -0.3 is 19.9 Å². The molecule has 2 heterocycles. The topological polar surface area (TPSA) is 80.7 Å². The van der Waals surface area contributed by atoms with Crippen LogP contribution >= 0.6 is 11.8 Å². The standard InChI is InChI=1S/C11H15NO4S.Na/c1-3-17-7-4-6-8(5(2)13)10(14)12(6)9(7)11(15)16;/h5-6,8,13H,3-4H2,1-2H3,(H,15,16);/q;+1/p-1/t5-,6+,8-;/m0./s1. The number of aliphatic hydroxyl groups is 1. The summed E-state index contributed by atoms with van der Waals surface area (Å²) >= 11 is 1.42. The van der Waals surface area contributed by atoms with Crippen molar-refractivity contribution >= 4 is 23.6 Å². The first-order valence-electron chi connectivity index (χ1n) is 5.57. The van der Waals surface area contributed by atoms with Crippen LogP contribution in [0.1, 0.15) is 20.3 Å². The molecule has 1 N–H and O–H groups in total. The molecule has 0 aliphatic carbocycles. The van der Waals surface area contributed by atoms with Gasteiger partial charge >= 0.3 is 29.6 Å². The molecule has 7 heteroatoms. The third-order valence-corrected chi connectivity index (χ3v) is 4.20. The molecule has 18 heavy (non-hydrogen) atoms. The monoisotopic (exact) mass is 279 g/mol. The fourth-order valence-electron chi connectivity index (χ4n) is 2.52. The summed E-state index contributed by atoms with van der Waals surface area (Å²) in [5.41, 5.74) is 0.00347. The van der Waals surface area contributed by atoms with Gasteiger partial charge in [-0.1, -0.05) is 6.92 Å². The van der Waals surface area contributed by atoms with E-state index in [4.69, 9.17) is 0 Å². The molecule has 2 aliphatic heterocycles. The summed E-state index contributed by atoms with van der Waals surface area (Å²) in [6.07, 6.45) is -0.221. The van der Waals surface area contributed by atoms with Gasteiger partial charge in [-0.25, -0.2) is 0 Å². The molecule has 0 aromatic heterocycles. The second kappa shape index (κ2) is 5.96. The number of hydrogen-bond donors (Lipinski definition) is 1. The van der Waals surface area contributed by atoms with E-state index in [1.165, 1.54) is 16.7 Å². The molecule has 2 aliphatic rings. The zero-order chi connectivity index (χ0) is 12.7. The zero-order valence-electron chi connectivity index (χ0n) is 10.7. The molecule has 5 nitrogen and oxygen atoms in total. The number of carbonyl (C=O) groups excluding carboxylic acids is 2. The summed E-state index contributed by atoms with van der Waals surface area (Å²) in [7, 11) is 0. The Morgan fingerprint density at radius 2 is 2.28 bits per heavy atom. The number of hydrogen-bond acceptors (Lipinski definition) is 5. The summed E-state index contributed by atoms with van der Waals surface area (Å²) in [6, 6.07) is -0.204. The van der Waals surface area contributed by atoms with Crippen molar-refractivity contribution in [1.82, 2.24) is 4.90 Å². The number of rotatable bonds is 4. The summed E-state index contributed by atoms with van der Waals surface area (Å²) in [4.78, 5) is 24.8. The fraction of sp³-hybridized carbons (Fsp3) is 0.636. The Balaban J connectivity index is 0.00000162. The van der Waals surface area contributed by atoms with Crippen LogP contribution in [0.5, 0.6) is 0 Å². The van der Waals surface area contributed by atoms with E-state index in [9.17, 15) is 19.8 Å². The van der Waals surface area contributed by atoms with Crippen molar-refractivity contribution < 1.29 is 49.4 Å². The molecule has 3 atom stereocenters. The van der Waals surface area contributed by atoms with Gasteiger partial charge in [-0.05, 0) is 12.7 Å². The minimum absolute atomic E-state index is 0. The van der Waals surface area contributed by atoms with E-state index in [-0.39, 0.29) is 47.2 Å². The third kappa shape index (κ3) is 2.36. The molecule has 1 saturated heterocycles. The second-order valence-electron chi connectivity index (χ2n) is 4.24. The van der Waals surface area contributed by atoms with Gasteiger partial charge in [0.05, 0.1) is 29.7 Å². The number of carbonyl (C=O) groups is 2. The van der Waals surface area contributed by atoms with Gasteiger partial charge in [0, 0.05) is 11.3 Å². The summed E-state index contributed by atoms with van der Waals surface area (Å²) in [5, 5.41) is 20.6. The Hall–Kier alpha value is -0.0100. The van der Waals surface area contributed by atoms with E-state index in [0.717, 1.165) is 5.75 Å². The van der Waals surface area contributed by atoms with Crippen molar-refractivity contribution in [2.75, 3.05) is 5.75 Å². The number of thioether (sulfide) groups is 1. The quantitative estimate of drug-likeness (QED) is 0.423. The number of carboxylic acid groups (broad SMARTS) is 1. The van der Waals surface area contributed by atoms with E-state index in [0.29, 0.717) is 11.3 Å². The molecule has 0 unspecified atom stereocenters. The van der Waals surface area contributed by atoms with Crippen LogP contribution in [0, 0.1) is 5.92 Å². The summed E-state index contributed by atoms with van der Waals surface area (Å²) in [5.74, 6) is -1.34. The average molecular weight is 279 g/mol. The molecular formula is C11H14NNaO4S. The number of amides is 1. The van der Waals surface area contributed by atoms with Crippen molar-refractivity contribution in [1.29, 1.82) is 0 Å². The smallest absolute Gasteiger partial charge is 0.543 e. The predicted molar refractivity (Wildman–Crippen MR) is 60.6 cm³/mol. The van der Waals surface area contributed by atoms with Gasteiger partial charge in [0.15, 0.2) is 0 Å². The number of fused-ring (bicyclic) bond motifs is 1. The van der Waals surface area contributed by atoms with Crippen LogP contribution in [0.3, 0.4) is 0 Å². The molecule has 1 amide bonds. The van der Waals surface area contributed by atoms with Crippen LogP contribution in [0.2, 0.25) is 0 Å². The largest absolute Gasteiger partial charge is 1.00 e. The first-order chi connectivity index (χ1) is 7.99. The van der Waals surface area contributed by atoms with Crippen molar-refractivity contribution in [2.24, 2.45) is 5.92 Å². The Labute approximate surface area is 132 Å². The van der Waals surface area contributed by atoms with Gasteiger partial charge in [0.25, 0.3) is 0 Å². The van der Waals surface area contributed by atoms with Crippen molar-refractivity contribution in [3.63, 3.8) is 0 Å². The first kappa shape index (κ1) is 16.0. The minimum Gasteiger partial charge on any atom is -0.543 e. The molecule has 94 valence electrons. The normalized spacial score (nSPS) is 27.5. The Morgan fingerprint density at radius 1 is 1.67 bits per heavy atom. The zero-order valence-corrected chi connectivity index (χ0v) is 13.5. The van der Waals surface area contributed by atoms with Crippen LogP contribution in [-0.2, 0) is 9.59 Å². The van der Waals surface area contributed by atoms with Crippen LogP contribution < -0.4 is 34.7 Å². The van der Waals surface area contributed by atoms with E-state index >= 15 is 0 Å². The minimum atomic E-state index is -1.30. The average Bonchev–Trinajstić information content (AvgIpc) is 2.53. The number of aliphatic carboxylic acids is 1. The molecule has 0 aromatic rings. The molecule has 0 saturated carbocycles. The molecule has 0 aromatic carbocycles. The van der Waals surface area contributed by atoms with Gasteiger partial charge in [-0.15, -0.1) is 11.8 Å². The van der Waals surface area contributed by atoms with Gasteiger partial charge in [0.1, 0.15) is 0 Å². The molecule has 0 radical (unpaired) electrons. The van der Waals surface area contributed by atoms with Crippen LogP contribution in [-0.4, -0.2) is 39.8 Å². The Bertz CT molecular complexity index is 410. The van der Waals surface area contributed by atoms with Gasteiger partial charge in [-0.2, -0.15) is 0 Å². The van der Waals surface area contributed by atoms with Crippen LogP contribution in [0.4, 0.5) is 0 Å². The molecule has 1 fully saturated rings. The third-order valence-electron chi connectivity index (χ3n) is 3.20. The van der Waals surface area contributed by atoms with Gasteiger partial charge in [0.2, 0.25) is 5.91 Å². The molecule has 0 spiro atoms. The van der Waals surface area contributed by atoms with Crippen LogP contribution in [0.15, 0.2) is 10.6 Å². The van der Waals surface area contributed by atoms with E-state index in [2.05, 4.69) is 0 Å². The first-order valence-corrected chi connectivity index (χ1v) is 6.56. The number of aliphatic hydroxyl groups excluding tert-OH is 1. The van der Waals surface area contributed by atoms with Crippen LogP contribution in [0.25, 0.3) is 0 Å². The van der Waals surface area contributed by atoms with E-state index in [1.54, 1.807) is 6.92 Å². The molecule has 2 rings (SSSR count). The molecular weight excluding hydrogens is 265 g/mol. The maximum Gasteiger partial charge on any atom is 1.00 e. The van der Waals surface area contributed by atoms with E-state index < -0.39 is 18.0 Å². The maximum absolute atomic E-state index is 11.8. The number of carboxylic acids is 1. The molecule has 0 bridgehead atoms. The van der Waals surface area contributed by atoms with Crippen molar-refractivity contribution in [2.45, 2.75) is 32.4 Å². The summed E-state index contributed by atoms with van der Waals surface area (Å²) < 4.78 is 0. The predicted octanol–water partition coefficient (Wildman–Crippen LogP) is -3.68. The second-order valence-corrected chi connectivity index (χ2v) is 5.60. The Morgan fingerprint density at radius 3 is 2.72 bits per heavy atom. The Kier molecular flexibility index (Phi) is 5.32. The van der Waals surface area contributed by atoms with Gasteiger partial charge in [-0.3, -0.25) is 4.79 Å². The fourth-order valence-corrected chi connectivity index (χ4v) is 3.48. The SMILES string of the molecule is CCSC1=C(C(=O)[O-])N2C(=O)[C@@H]([C@H](C)O)[C@H]2C1.[Na+]. The van der Waals surface area contributed by atoms with Crippen molar-refractivity contribution in [3.8, 4) is 0 Å². The maximum atomic E-state index is 11.8. The number of β-lactam (4-membered cyclic amide) rings is 1. The number of nitrogens with zero attached hydrogens (tertiary/aromatic N) is 1. The van der Waals surface area contributed by atoms with Crippen molar-refractivity contribution in [3.05, 3.63) is 10.6 Å². The summed E-state index contributed by atoms with van der Waals surface area (Å²) in [6.45, 7) is 3.48. The van der Waals surface area contributed by atoms with E-state index in [1.807, 2.05) is 6.92 Å².